The number of anilines is 1. The lowest BCUT2D eigenvalue weighted by atomic mass is 9.94. The van der Waals surface area contributed by atoms with E-state index in [1.807, 2.05) is 24.8 Å². The van der Waals surface area contributed by atoms with Gasteiger partial charge in [-0.05, 0) is 50.7 Å². The standard InChI is InChI=1S/C24H30N4O2S2/c1-3-11-27-21(26-12-7-8-13-26)18(16(2)19(15-25)22(27)29)14-20-23(30)28(24(31)32-20)17-9-5-4-6-10-17/h14,17H,3-13H2,1-2H3/b20-14-. The van der Waals surface area contributed by atoms with Crippen molar-refractivity contribution in [2.24, 2.45) is 0 Å². The van der Waals surface area contributed by atoms with E-state index in [1.165, 1.54) is 18.2 Å². The molecule has 0 N–H and O–H groups in total. The van der Waals surface area contributed by atoms with Crippen LogP contribution >= 0.6 is 24.0 Å². The van der Waals surface area contributed by atoms with Gasteiger partial charge in [-0.15, -0.1) is 0 Å². The average Bonchev–Trinajstić information content (AvgIpc) is 3.41. The molecule has 3 heterocycles. The molecule has 4 rings (SSSR count). The maximum Gasteiger partial charge on any atom is 0.270 e. The molecule has 0 spiro atoms. The molecule has 1 saturated carbocycles. The Hall–Kier alpha value is -2.11. The molecule has 3 fully saturated rings. The van der Waals surface area contributed by atoms with E-state index in [-0.39, 0.29) is 23.1 Å². The van der Waals surface area contributed by atoms with E-state index in [1.54, 1.807) is 4.57 Å². The van der Waals surface area contributed by atoms with Crippen molar-refractivity contribution in [3.8, 4) is 6.07 Å². The topological polar surface area (TPSA) is 69.3 Å². The van der Waals surface area contributed by atoms with Gasteiger partial charge in [-0.3, -0.25) is 19.1 Å². The van der Waals surface area contributed by atoms with Gasteiger partial charge < -0.3 is 4.90 Å². The lowest BCUT2D eigenvalue weighted by Gasteiger charge is -2.30. The van der Waals surface area contributed by atoms with Crippen molar-refractivity contribution in [2.45, 2.75) is 77.8 Å². The van der Waals surface area contributed by atoms with Gasteiger partial charge in [0.15, 0.2) is 0 Å². The normalized spacial score (nSPS) is 21.1. The first-order valence-corrected chi connectivity index (χ1v) is 12.9. The summed E-state index contributed by atoms with van der Waals surface area (Å²) in [7, 11) is 0. The molecule has 0 bridgehead atoms. The number of thioether (sulfide) groups is 1. The van der Waals surface area contributed by atoms with E-state index in [0.717, 1.165) is 69.4 Å². The van der Waals surface area contributed by atoms with Gasteiger partial charge in [0.1, 0.15) is 21.8 Å². The van der Waals surface area contributed by atoms with Crippen LogP contribution < -0.4 is 10.5 Å². The van der Waals surface area contributed by atoms with Crippen LogP contribution in [-0.4, -0.2) is 38.8 Å². The van der Waals surface area contributed by atoms with Crippen molar-refractivity contribution in [1.82, 2.24) is 9.47 Å². The quantitative estimate of drug-likeness (QED) is 0.464. The monoisotopic (exact) mass is 470 g/mol. The summed E-state index contributed by atoms with van der Waals surface area (Å²) in [6.07, 6.45) is 10.3. The Morgan fingerprint density at radius 3 is 2.47 bits per heavy atom. The molecule has 6 nitrogen and oxygen atoms in total. The van der Waals surface area contributed by atoms with Crippen molar-refractivity contribution in [2.75, 3.05) is 18.0 Å². The number of carbonyl (C=O) groups excluding carboxylic acids is 1. The SMILES string of the molecule is CCCn1c(N2CCCC2)c(/C=C2\SC(=S)N(C3CCCCC3)C2=O)c(C)c(C#N)c1=O. The summed E-state index contributed by atoms with van der Waals surface area (Å²) >= 11 is 6.96. The zero-order valence-electron chi connectivity index (χ0n) is 18.9. The Morgan fingerprint density at radius 1 is 1.16 bits per heavy atom. The fourth-order valence-electron chi connectivity index (χ4n) is 5.11. The van der Waals surface area contributed by atoms with Gasteiger partial charge in [-0.25, -0.2) is 0 Å². The van der Waals surface area contributed by atoms with Crippen LogP contribution in [0.5, 0.6) is 0 Å². The van der Waals surface area contributed by atoms with Gasteiger partial charge in [-0.1, -0.05) is 50.2 Å². The second-order valence-electron chi connectivity index (χ2n) is 8.84. The van der Waals surface area contributed by atoms with E-state index in [9.17, 15) is 14.9 Å². The Kier molecular flexibility index (Phi) is 7.06. The maximum absolute atomic E-state index is 13.4. The lowest BCUT2D eigenvalue weighted by Crippen LogP contribution is -2.39. The third-order valence-corrected chi connectivity index (χ3v) is 8.07. The van der Waals surface area contributed by atoms with Gasteiger partial charge in [-0.2, -0.15) is 5.26 Å². The van der Waals surface area contributed by atoms with Crippen LogP contribution in [0.4, 0.5) is 5.82 Å². The van der Waals surface area contributed by atoms with Crippen LogP contribution in [0.1, 0.15) is 75.0 Å². The van der Waals surface area contributed by atoms with Gasteiger partial charge >= 0.3 is 0 Å². The highest BCUT2D eigenvalue weighted by atomic mass is 32.2. The molecule has 1 aliphatic carbocycles. The van der Waals surface area contributed by atoms with Crippen molar-refractivity contribution in [3.05, 3.63) is 31.9 Å². The molecule has 3 aliphatic rings. The highest BCUT2D eigenvalue weighted by Crippen LogP contribution is 2.39. The second-order valence-corrected chi connectivity index (χ2v) is 10.5. The molecule has 0 radical (unpaired) electrons. The van der Waals surface area contributed by atoms with E-state index >= 15 is 0 Å². The van der Waals surface area contributed by atoms with Crippen LogP contribution in [0.15, 0.2) is 9.70 Å². The predicted octanol–water partition coefficient (Wildman–Crippen LogP) is 4.57. The Bertz CT molecular complexity index is 1060. The molecule has 1 aromatic heterocycles. The van der Waals surface area contributed by atoms with Crippen LogP contribution in [-0.2, 0) is 11.3 Å². The van der Waals surface area contributed by atoms with Crippen LogP contribution in [0.2, 0.25) is 0 Å². The van der Waals surface area contributed by atoms with Gasteiger partial charge in [0.05, 0.1) is 4.91 Å². The molecule has 0 unspecified atom stereocenters. The minimum absolute atomic E-state index is 0.0366. The number of pyridine rings is 1. The fraction of sp³-hybridized carbons (Fsp3) is 0.583. The Balaban J connectivity index is 1.84. The highest BCUT2D eigenvalue weighted by Gasteiger charge is 2.38. The minimum Gasteiger partial charge on any atom is -0.357 e. The van der Waals surface area contributed by atoms with Crippen LogP contribution in [0.3, 0.4) is 0 Å². The number of nitrogens with zero attached hydrogens (tertiary/aromatic N) is 4. The van der Waals surface area contributed by atoms with Crippen molar-refractivity contribution in [1.29, 1.82) is 5.26 Å². The number of amides is 1. The Labute approximate surface area is 199 Å². The summed E-state index contributed by atoms with van der Waals surface area (Å²) in [5.41, 5.74) is 1.38. The van der Waals surface area contributed by atoms with Gasteiger partial charge in [0, 0.05) is 31.2 Å². The summed E-state index contributed by atoms with van der Waals surface area (Å²) in [6, 6.07) is 2.30. The molecular weight excluding hydrogens is 440 g/mol. The summed E-state index contributed by atoms with van der Waals surface area (Å²) in [5.74, 6) is 0.805. The largest absolute Gasteiger partial charge is 0.357 e. The van der Waals surface area contributed by atoms with E-state index in [2.05, 4.69) is 11.0 Å². The fourth-order valence-corrected chi connectivity index (χ4v) is 6.49. The summed E-state index contributed by atoms with van der Waals surface area (Å²) in [4.78, 5) is 31.2. The van der Waals surface area contributed by atoms with E-state index in [0.29, 0.717) is 21.3 Å². The molecule has 2 saturated heterocycles. The molecule has 0 aromatic carbocycles. The van der Waals surface area contributed by atoms with Gasteiger partial charge in [0.2, 0.25) is 0 Å². The molecule has 2 aliphatic heterocycles. The third-order valence-electron chi connectivity index (χ3n) is 6.74. The molecule has 0 atom stereocenters. The summed E-state index contributed by atoms with van der Waals surface area (Å²) in [5, 5.41) is 9.74. The number of aromatic nitrogens is 1. The van der Waals surface area contributed by atoms with Crippen molar-refractivity contribution < 1.29 is 4.79 Å². The predicted molar refractivity (Wildman–Crippen MR) is 134 cm³/mol. The molecule has 1 aromatic rings. The van der Waals surface area contributed by atoms with E-state index < -0.39 is 0 Å². The molecule has 170 valence electrons. The molecular formula is C24H30N4O2S2. The number of thiocarbonyl (C=S) groups is 1. The molecule has 1 amide bonds. The highest BCUT2D eigenvalue weighted by molar-refractivity contribution is 8.26. The minimum atomic E-state index is -0.236. The summed E-state index contributed by atoms with van der Waals surface area (Å²) < 4.78 is 2.36. The number of nitriles is 1. The first kappa shape index (κ1) is 23.1. The van der Waals surface area contributed by atoms with Gasteiger partial charge in [0.25, 0.3) is 11.5 Å². The first-order valence-electron chi connectivity index (χ1n) is 11.7. The van der Waals surface area contributed by atoms with Crippen LogP contribution in [0.25, 0.3) is 6.08 Å². The second kappa shape index (κ2) is 9.80. The number of carbonyl (C=O) groups is 1. The maximum atomic E-state index is 13.4. The number of hydrogen-bond donors (Lipinski definition) is 0. The van der Waals surface area contributed by atoms with Crippen LogP contribution in [0, 0.1) is 18.3 Å². The molecule has 8 heteroatoms. The van der Waals surface area contributed by atoms with Crippen molar-refractivity contribution in [3.63, 3.8) is 0 Å². The smallest absolute Gasteiger partial charge is 0.270 e. The molecule has 32 heavy (non-hydrogen) atoms. The third kappa shape index (κ3) is 4.13. The van der Waals surface area contributed by atoms with Crippen molar-refractivity contribution >= 4 is 46.1 Å². The number of hydrogen-bond acceptors (Lipinski definition) is 6. The lowest BCUT2D eigenvalue weighted by molar-refractivity contribution is -0.124. The average molecular weight is 471 g/mol. The summed E-state index contributed by atoms with van der Waals surface area (Å²) in [6.45, 7) is 6.14. The first-order chi connectivity index (χ1) is 15.5. The number of rotatable bonds is 5. The zero-order valence-corrected chi connectivity index (χ0v) is 20.5. The van der Waals surface area contributed by atoms with E-state index in [4.69, 9.17) is 12.2 Å². The zero-order chi connectivity index (χ0) is 22.8. The Morgan fingerprint density at radius 2 is 1.84 bits per heavy atom.